The Labute approximate surface area is 212 Å². The van der Waals surface area contributed by atoms with Crippen LogP contribution in [0.4, 0.5) is 0 Å². The van der Waals surface area contributed by atoms with Crippen LogP contribution < -0.4 is 10.6 Å². The van der Waals surface area contributed by atoms with Crippen molar-refractivity contribution in [1.29, 1.82) is 0 Å². The van der Waals surface area contributed by atoms with E-state index < -0.39 is 0 Å². The molecule has 1 heterocycles. The number of benzene rings is 1. The van der Waals surface area contributed by atoms with Crippen molar-refractivity contribution in [2.24, 2.45) is 4.99 Å². The van der Waals surface area contributed by atoms with Gasteiger partial charge in [-0.25, -0.2) is 0 Å². The van der Waals surface area contributed by atoms with Crippen LogP contribution in [0.1, 0.15) is 31.2 Å². The molecule has 2 rings (SSSR count). The summed E-state index contributed by atoms with van der Waals surface area (Å²) in [5.41, 5.74) is 1.40. The lowest BCUT2D eigenvalue weighted by Crippen LogP contribution is -2.41. The van der Waals surface area contributed by atoms with Gasteiger partial charge < -0.3 is 25.0 Å². The van der Waals surface area contributed by atoms with Crippen LogP contribution in [0.3, 0.4) is 0 Å². The Morgan fingerprint density at radius 3 is 2.47 bits per heavy atom. The molecule has 0 aliphatic carbocycles. The van der Waals surface area contributed by atoms with Crippen molar-refractivity contribution in [3.63, 3.8) is 0 Å². The highest BCUT2D eigenvalue weighted by Crippen LogP contribution is 2.16. The van der Waals surface area contributed by atoms with Crippen LogP contribution in [-0.2, 0) is 16.0 Å². The van der Waals surface area contributed by atoms with Crippen LogP contribution >= 0.6 is 24.0 Å². The zero-order valence-electron chi connectivity index (χ0n) is 20.2. The monoisotopic (exact) mass is 561 g/mol. The zero-order valence-corrected chi connectivity index (χ0v) is 22.6. The number of halogens is 1. The minimum atomic E-state index is 0. The third-order valence-corrected chi connectivity index (χ3v) is 5.65. The molecule has 184 valence electrons. The molecule has 1 aromatic rings. The van der Waals surface area contributed by atoms with Crippen molar-refractivity contribution in [3.05, 3.63) is 35.9 Å². The summed E-state index contributed by atoms with van der Waals surface area (Å²) in [6, 6.07) is 10.7. The molecule has 32 heavy (non-hydrogen) atoms. The average molecular weight is 562 g/mol. The molecule has 0 unspecified atom stereocenters. The van der Waals surface area contributed by atoms with E-state index in [2.05, 4.69) is 62.8 Å². The van der Waals surface area contributed by atoms with E-state index in [1.165, 1.54) is 5.56 Å². The van der Waals surface area contributed by atoms with Crippen LogP contribution in [-0.4, -0.2) is 95.6 Å². The van der Waals surface area contributed by atoms with Gasteiger partial charge in [-0.1, -0.05) is 30.3 Å². The molecule has 0 aromatic heterocycles. The van der Waals surface area contributed by atoms with Crippen LogP contribution in [0, 0.1) is 0 Å². The number of guanidine groups is 1. The van der Waals surface area contributed by atoms with E-state index in [0.717, 1.165) is 90.7 Å². The fourth-order valence-corrected chi connectivity index (χ4v) is 3.78. The van der Waals surface area contributed by atoms with E-state index in [-0.39, 0.29) is 24.0 Å². The fourth-order valence-electron chi connectivity index (χ4n) is 3.78. The molecule has 0 spiro atoms. The van der Waals surface area contributed by atoms with Crippen molar-refractivity contribution in [1.82, 2.24) is 20.4 Å². The molecule has 0 radical (unpaired) electrons. The van der Waals surface area contributed by atoms with Gasteiger partial charge in [0, 0.05) is 73.2 Å². The lowest BCUT2D eigenvalue weighted by Gasteiger charge is -2.32. The molecule has 1 fully saturated rings. The van der Waals surface area contributed by atoms with Gasteiger partial charge in [0.1, 0.15) is 0 Å². The quantitative estimate of drug-likeness (QED) is 0.158. The predicted octanol–water partition coefficient (Wildman–Crippen LogP) is 2.81. The second kappa shape index (κ2) is 18.5. The average Bonchev–Trinajstić information content (AvgIpc) is 2.79. The van der Waals surface area contributed by atoms with Gasteiger partial charge in [-0.15, -0.1) is 24.0 Å². The minimum Gasteiger partial charge on any atom is -0.385 e. The SMILES string of the molecule is CN=C(NCCCOC1CCN(Cc2ccccc2)CC1)NCCN(C)CCCOC.I. The Morgan fingerprint density at radius 2 is 1.78 bits per heavy atom. The van der Waals surface area contributed by atoms with Crippen molar-refractivity contribution in [3.8, 4) is 0 Å². The largest absolute Gasteiger partial charge is 0.385 e. The molecule has 1 aliphatic rings. The molecular formula is C24H44IN5O2. The third kappa shape index (κ3) is 12.9. The number of likely N-dealkylation sites (N-methyl/N-ethyl adjacent to an activating group) is 1. The maximum Gasteiger partial charge on any atom is 0.191 e. The molecule has 2 N–H and O–H groups in total. The third-order valence-electron chi connectivity index (χ3n) is 5.65. The van der Waals surface area contributed by atoms with E-state index in [1.807, 2.05) is 7.05 Å². The number of nitrogens with zero attached hydrogens (tertiary/aromatic N) is 3. The first kappa shape index (κ1) is 29.1. The number of likely N-dealkylation sites (tertiary alicyclic amines) is 1. The number of aliphatic imine (C=N–C) groups is 1. The Morgan fingerprint density at radius 1 is 1.06 bits per heavy atom. The van der Waals surface area contributed by atoms with Crippen LogP contribution in [0.5, 0.6) is 0 Å². The van der Waals surface area contributed by atoms with Crippen LogP contribution in [0.15, 0.2) is 35.3 Å². The predicted molar refractivity (Wildman–Crippen MR) is 144 cm³/mol. The second-order valence-electron chi connectivity index (χ2n) is 8.26. The molecular weight excluding hydrogens is 517 g/mol. The van der Waals surface area contributed by atoms with Gasteiger partial charge in [0.25, 0.3) is 0 Å². The first-order valence-corrected chi connectivity index (χ1v) is 11.7. The van der Waals surface area contributed by atoms with E-state index in [0.29, 0.717) is 6.10 Å². The summed E-state index contributed by atoms with van der Waals surface area (Å²) < 4.78 is 11.2. The normalized spacial score (nSPS) is 15.6. The van der Waals surface area contributed by atoms with Gasteiger partial charge >= 0.3 is 0 Å². The van der Waals surface area contributed by atoms with Crippen molar-refractivity contribution in [2.75, 3.05) is 73.7 Å². The molecule has 0 atom stereocenters. The highest BCUT2D eigenvalue weighted by molar-refractivity contribution is 14.0. The highest BCUT2D eigenvalue weighted by atomic mass is 127. The molecule has 1 aliphatic heterocycles. The number of methoxy groups -OCH3 is 1. The standard InChI is InChI=1S/C24H43N5O2.HI/c1-25-24(27-14-18-28(2)15-8-19-30-3)26-13-7-20-31-23-11-16-29(17-12-23)21-22-9-5-4-6-10-22;/h4-6,9-10,23H,7-8,11-21H2,1-3H3,(H2,25,26,27);1H. The van der Waals surface area contributed by atoms with E-state index in [4.69, 9.17) is 9.47 Å². The summed E-state index contributed by atoms with van der Waals surface area (Å²) in [4.78, 5) is 9.13. The zero-order chi connectivity index (χ0) is 22.2. The number of ether oxygens (including phenoxy) is 2. The maximum absolute atomic E-state index is 6.11. The first-order chi connectivity index (χ1) is 15.2. The van der Waals surface area contributed by atoms with Crippen molar-refractivity contribution in [2.45, 2.75) is 38.3 Å². The Balaban J connectivity index is 0.00000512. The molecule has 7 nitrogen and oxygen atoms in total. The fraction of sp³-hybridized carbons (Fsp3) is 0.708. The first-order valence-electron chi connectivity index (χ1n) is 11.7. The summed E-state index contributed by atoms with van der Waals surface area (Å²) >= 11 is 0. The number of nitrogens with one attached hydrogen (secondary N) is 2. The van der Waals surface area contributed by atoms with Gasteiger partial charge in [0.2, 0.25) is 0 Å². The molecule has 0 saturated carbocycles. The molecule has 1 saturated heterocycles. The van der Waals surface area contributed by atoms with Gasteiger partial charge in [-0.05, 0) is 38.3 Å². The summed E-state index contributed by atoms with van der Waals surface area (Å²) in [6.07, 6.45) is 4.70. The topological polar surface area (TPSA) is 61.4 Å². The lowest BCUT2D eigenvalue weighted by molar-refractivity contribution is 0.00534. The van der Waals surface area contributed by atoms with Crippen LogP contribution in [0.2, 0.25) is 0 Å². The lowest BCUT2D eigenvalue weighted by atomic mass is 10.1. The molecule has 0 bridgehead atoms. The number of hydrogen-bond donors (Lipinski definition) is 2. The van der Waals surface area contributed by atoms with E-state index in [1.54, 1.807) is 7.11 Å². The second-order valence-corrected chi connectivity index (χ2v) is 8.26. The Bertz CT molecular complexity index is 597. The molecule has 0 amide bonds. The van der Waals surface area contributed by atoms with Gasteiger partial charge in [0.05, 0.1) is 6.10 Å². The van der Waals surface area contributed by atoms with Crippen molar-refractivity contribution < 1.29 is 9.47 Å². The summed E-state index contributed by atoms with van der Waals surface area (Å²) in [7, 11) is 5.70. The van der Waals surface area contributed by atoms with E-state index >= 15 is 0 Å². The number of rotatable bonds is 14. The minimum absolute atomic E-state index is 0. The molecule has 8 heteroatoms. The Kier molecular flexibility index (Phi) is 16.8. The van der Waals surface area contributed by atoms with E-state index in [9.17, 15) is 0 Å². The van der Waals surface area contributed by atoms with Gasteiger partial charge in [0.15, 0.2) is 5.96 Å². The Hall–Kier alpha value is -0.940. The number of piperidine rings is 1. The number of hydrogen-bond acceptors (Lipinski definition) is 5. The van der Waals surface area contributed by atoms with Crippen LogP contribution in [0.25, 0.3) is 0 Å². The summed E-state index contributed by atoms with van der Waals surface area (Å²) in [6.45, 7) is 8.68. The maximum atomic E-state index is 6.11. The summed E-state index contributed by atoms with van der Waals surface area (Å²) in [5, 5.41) is 6.76. The summed E-state index contributed by atoms with van der Waals surface area (Å²) in [5.74, 6) is 0.861. The molecule has 1 aromatic carbocycles. The van der Waals surface area contributed by atoms with Crippen molar-refractivity contribution >= 4 is 29.9 Å². The van der Waals surface area contributed by atoms with Gasteiger partial charge in [-0.3, -0.25) is 9.89 Å². The van der Waals surface area contributed by atoms with Gasteiger partial charge in [-0.2, -0.15) is 0 Å². The smallest absolute Gasteiger partial charge is 0.191 e. The highest BCUT2D eigenvalue weighted by Gasteiger charge is 2.19.